The summed E-state index contributed by atoms with van der Waals surface area (Å²) in [5.74, 6) is 0. The molecule has 0 amide bonds. The first-order valence-electron chi connectivity index (χ1n) is 3.42. The first-order chi connectivity index (χ1) is 5.65. The summed E-state index contributed by atoms with van der Waals surface area (Å²) in [6.07, 6.45) is 0. The van der Waals surface area contributed by atoms with Crippen LogP contribution in [0, 0.1) is 0 Å². The van der Waals surface area contributed by atoms with E-state index in [0.29, 0.717) is 10.0 Å². The molecule has 0 bridgehead atoms. The number of benzene rings is 1. The lowest BCUT2D eigenvalue weighted by Crippen LogP contribution is -2.17. The van der Waals surface area contributed by atoms with Gasteiger partial charge in [-0.1, -0.05) is 23.2 Å². The van der Waals surface area contributed by atoms with Crippen molar-refractivity contribution in [2.45, 2.75) is 0 Å². The maximum atomic E-state index is 8.80. The minimum Gasteiger partial charge on any atom is -0.376 e. The van der Waals surface area contributed by atoms with Crippen molar-refractivity contribution in [1.29, 1.82) is 0 Å². The van der Waals surface area contributed by atoms with E-state index in [1.54, 1.807) is 30.1 Å². The number of halogens is 2. The van der Waals surface area contributed by atoms with Crippen molar-refractivity contribution in [3.05, 3.63) is 28.2 Å². The number of hydrogen-bond acceptors (Lipinski definition) is 2. The molecule has 0 aliphatic carbocycles. The summed E-state index contributed by atoms with van der Waals surface area (Å²) >= 11 is 11.5. The molecule has 0 aliphatic rings. The molecule has 12 heavy (non-hydrogen) atoms. The largest absolute Gasteiger partial charge is 0.376 e. The third-order valence-electron chi connectivity index (χ3n) is 1.56. The molecule has 1 N–H and O–H groups in total. The predicted octanol–water partition coefficient (Wildman–Crippen LogP) is 2.38. The smallest absolute Gasteiger partial charge is 0.115 e. The molecule has 0 saturated heterocycles. The fourth-order valence-electron chi connectivity index (χ4n) is 0.804. The van der Waals surface area contributed by atoms with Crippen molar-refractivity contribution < 1.29 is 5.11 Å². The quantitative estimate of drug-likeness (QED) is 0.751. The fourth-order valence-corrected chi connectivity index (χ4v) is 1.10. The maximum Gasteiger partial charge on any atom is 0.115 e. The molecule has 1 rings (SSSR count). The summed E-state index contributed by atoms with van der Waals surface area (Å²) in [4.78, 5) is 1.65. The Morgan fingerprint density at radius 1 is 1.33 bits per heavy atom. The van der Waals surface area contributed by atoms with Gasteiger partial charge in [-0.3, -0.25) is 0 Å². The highest BCUT2D eigenvalue weighted by Gasteiger charge is 2.01. The van der Waals surface area contributed by atoms with Gasteiger partial charge in [0.05, 0.1) is 10.0 Å². The number of hydrogen-bond donors (Lipinski definition) is 1. The average molecular weight is 206 g/mol. The maximum absolute atomic E-state index is 8.80. The molecule has 1 aromatic rings. The monoisotopic (exact) mass is 205 g/mol. The molecule has 66 valence electrons. The van der Waals surface area contributed by atoms with Crippen LogP contribution in [0.3, 0.4) is 0 Å². The normalized spacial score (nSPS) is 10.0. The molecule has 2 nitrogen and oxygen atoms in total. The summed E-state index contributed by atoms with van der Waals surface area (Å²) in [6.45, 7) is -0.0437. The van der Waals surface area contributed by atoms with Gasteiger partial charge in [0, 0.05) is 12.7 Å². The summed E-state index contributed by atoms with van der Waals surface area (Å²) < 4.78 is 0. The van der Waals surface area contributed by atoms with E-state index in [-0.39, 0.29) is 6.73 Å². The lowest BCUT2D eigenvalue weighted by Gasteiger charge is -2.15. The Morgan fingerprint density at radius 3 is 2.50 bits per heavy atom. The van der Waals surface area contributed by atoms with Gasteiger partial charge in [-0.15, -0.1) is 0 Å². The highest BCUT2D eigenvalue weighted by Crippen LogP contribution is 2.26. The van der Waals surface area contributed by atoms with Crippen LogP contribution in [0.1, 0.15) is 0 Å². The Balaban J connectivity index is 2.96. The van der Waals surface area contributed by atoms with E-state index in [1.807, 2.05) is 0 Å². The summed E-state index contributed by atoms with van der Waals surface area (Å²) in [5.41, 5.74) is 0.840. The summed E-state index contributed by atoms with van der Waals surface area (Å²) in [5, 5.41) is 9.81. The zero-order chi connectivity index (χ0) is 9.14. The van der Waals surface area contributed by atoms with E-state index in [9.17, 15) is 0 Å². The highest BCUT2D eigenvalue weighted by molar-refractivity contribution is 6.42. The van der Waals surface area contributed by atoms with Gasteiger partial charge in [0.1, 0.15) is 6.73 Å². The topological polar surface area (TPSA) is 23.5 Å². The van der Waals surface area contributed by atoms with Crippen molar-refractivity contribution in [3.63, 3.8) is 0 Å². The van der Waals surface area contributed by atoms with Crippen molar-refractivity contribution in [3.8, 4) is 0 Å². The first kappa shape index (κ1) is 9.65. The number of aliphatic hydroxyl groups is 1. The fraction of sp³-hybridized carbons (Fsp3) is 0.250. The van der Waals surface area contributed by atoms with Gasteiger partial charge in [-0.25, -0.2) is 0 Å². The van der Waals surface area contributed by atoms with E-state index < -0.39 is 0 Å². The zero-order valence-electron chi connectivity index (χ0n) is 6.59. The number of rotatable bonds is 2. The third kappa shape index (κ3) is 2.03. The molecular weight excluding hydrogens is 197 g/mol. The Bertz CT molecular complexity index is 278. The average Bonchev–Trinajstić information content (AvgIpc) is 2.08. The van der Waals surface area contributed by atoms with Gasteiger partial charge in [0.2, 0.25) is 0 Å². The molecule has 0 unspecified atom stereocenters. The van der Waals surface area contributed by atoms with E-state index in [0.717, 1.165) is 5.69 Å². The second-order valence-corrected chi connectivity index (χ2v) is 3.25. The molecule has 4 heteroatoms. The van der Waals surface area contributed by atoms with Crippen LogP contribution in [0.5, 0.6) is 0 Å². The minimum absolute atomic E-state index is 0.0437. The number of anilines is 1. The van der Waals surface area contributed by atoms with Crippen LogP contribution in [0.4, 0.5) is 5.69 Å². The van der Waals surface area contributed by atoms with Crippen molar-refractivity contribution in [2.75, 3.05) is 18.7 Å². The Kier molecular flexibility index (Phi) is 3.20. The van der Waals surface area contributed by atoms with Crippen molar-refractivity contribution in [2.24, 2.45) is 0 Å². The molecule has 0 radical (unpaired) electrons. The van der Waals surface area contributed by atoms with Crippen LogP contribution < -0.4 is 4.90 Å². The molecule has 0 aromatic heterocycles. The Morgan fingerprint density at radius 2 is 2.00 bits per heavy atom. The number of aliphatic hydroxyl groups excluding tert-OH is 1. The lowest BCUT2D eigenvalue weighted by atomic mass is 10.3. The molecule has 0 atom stereocenters. The van der Waals surface area contributed by atoms with E-state index >= 15 is 0 Å². The van der Waals surface area contributed by atoms with Crippen LogP contribution in [0.25, 0.3) is 0 Å². The van der Waals surface area contributed by atoms with Gasteiger partial charge in [0.25, 0.3) is 0 Å². The van der Waals surface area contributed by atoms with E-state index in [2.05, 4.69) is 0 Å². The van der Waals surface area contributed by atoms with Gasteiger partial charge in [-0.05, 0) is 18.2 Å². The SMILES string of the molecule is CN(CO)c1ccc(Cl)c(Cl)c1. The van der Waals surface area contributed by atoms with Gasteiger partial charge in [-0.2, -0.15) is 0 Å². The first-order valence-corrected chi connectivity index (χ1v) is 4.18. The standard InChI is InChI=1S/C8H9Cl2NO/c1-11(5-12)6-2-3-7(9)8(10)4-6/h2-4,12H,5H2,1H3. The van der Waals surface area contributed by atoms with Gasteiger partial charge >= 0.3 is 0 Å². The lowest BCUT2D eigenvalue weighted by molar-refractivity contribution is 0.298. The third-order valence-corrected chi connectivity index (χ3v) is 2.30. The highest BCUT2D eigenvalue weighted by atomic mass is 35.5. The molecule has 1 aromatic carbocycles. The molecule has 0 saturated carbocycles. The van der Waals surface area contributed by atoms with E-state index in [1.165, 1.54) is 0 Å². The molecule has 0 aliphatic heterocycles. The zero-order valence-corrected chi connectivity index (χ0v) is 8.10. The van der Waals surface area contributed by atoms with Crippen LogP contribution >= 0.6 is 23.2 Å². The Labute approximate surface area is 81.3 Å². The van der Waals surface area contributed by atoms with Crippen LogP contribution in [0.15, 0.2) is 18.2 Å². The van der Waals surface area contributed by atoms with Crippen LogP contribution in [-0.2, 0) is 0 Å². The molecule has 0 heterocycles. The molecule has 0 fully saturated rings. The Hall–Kier alpha value is -0.440. The van der Waals surface area contributed by atoms with Crippen molar-refractivity contribution >= 4 is 28.9 Å². The second-order valence-electron chi connectivity index (χ2n) is 2.44. The van der Waals surface area contributed by atoms with Crippen molar-refractivity contribution in [1.82, 2.24) is 0 Å². The number of nitrogens with zero attached hydrogens (tertiary/aromatic N) is 1. The van der Waals surface area contributed by atoms with Gasteiger partial charge < -0.3 is 10.0 Å². The molecule has 0 spiro atoms. The molecular formula is C8H9Cl2NO. The predicted molar refractivity (Wildman–Crippen MR) is 52.0 cm³/mol. The summed E-state index contributed by atoms with van der Waals surface area (Å²) in [6, 6.07) is 5.20. The van der Waals surface area contributed by atoms with Crippen LogP contribution in [0.2, 0.25) is 10.0 Å². The second kappa shape index (κ2) is 3.99. The minimum atomic E-state index is -0.0437. The van der Waals surface area contributed by atoms with E-state index in [4.69, 9.17) is 28.3 Å². The summed E-state index contributed by atoms with van der Waals surface area (Å²) in [7, 11) is 1.76. The van der Waals surface area contributed by atoms with Gasteiger partial charge in [0.15, 0.2) is 0 Å². The van der Waals surface area contributed by atoms with Crippen LogP contribution in [-0.4, -0.2) is 18.9 Å².